The fraction of sp³-hybridized carbons (Fsp3) is 0.385. The van der Waals surface area contributed by atoms with Crippen molar-refractivity contribution in [3.63, 3.8) is 0 Å². The number of halogens is 1. The fourth-order valence-electron chi connectivity index (χ4n) is 5.41. The lowest BCUT2D eigenvalue weighted by Crippen LogP contribution is -2.52. The highest BCUT2D eigenvalue weighted by Crippen LogP contribution is 2.36. The highest BCUT2D eigenvalue weighted by Gasteiger charge is 2.40. The summed E-state index contributed by atoms with van der Waals surface area (Å²) in [5.74, 6) is -2.43. The van der Waals surface area contributed by atoms with Crippen molar-refractivity contribution in [1.29, 1.82) is 0 Å². The third kappa shape index (κ3) is 4.81. The largest absolute Gasteiger partial charge is 0.326 e. The van der Waals surface area contributed by atoms with Gasteiger partial charge in [-0.05, 0) is 60.6 Å². The maximum absolute atomic E-state index is 15.2. The molecule has 0 radical (unpaired) electrons. The van der Waals surface area contributed by atoms with Gasteiger partial charge in [0.2, 0.25) is 27.7 Å². The summed E-state index contributed by atoms with van der Waals surface area (Å²) in [6.45, 7) is 1.86. The van der Waals surface area contributed by atoms with Crippen LogP contribution in [0.2, 0.25) is 0 Å². The number of fused-ring (bicyclic) bond motifs is 1. The van der Waals surface area contributed by atoms with Crippen LogP contribution in [0.25, 0.3) is 0 Å². The lowest BCUT2D eigenvalue weighted by atomic mass is 9.88. The van der Waals surface area contributed by atoms with Gasteiger partial charge < -0.3 is 10.2 Å². The Bertz CT molecular complexity index is 1450. The highest BCUT2D eigenvalue weighted by atomic mass is 32.2. The van der Waals surface area contributed by atoms with Gasteiger partial charge in [-0.1, -0.05) is 12.1 Å². The molecule has 3 aliphatic rings. The van der Waals surface area contributed by atoms with Gasteiger partial charge in [0.15, 0.2) is 0 Å². The number of piperidine rings is 2. The minimum absolute atomic E-state index is 0.0676. The van der Waals surface area contributed by atoms with Crippen LogP contribution in [0.5, 0.6) is 0 Å². The Morgan fingerprint density at radius 2 is 1.82 bits per heavy atom. The van der Waals surface area contributed by atoms with Crippen LogP contribution in [0, 0.1) is 5.82 Å². The minimum atomic E-state index is -3.81. The molecular formula is C26H27FN4O6S. The quantitative estimate of drug-likeness (QED) is 0.556. The maximum atomic E-state index is 15.2. The smallest absolute Gasteiger partial charge is 0.255 e. The maximum Gasteiger partial charge on any atom is 0.255 e. The Balaban J connectivity index is 1.29. The second-order valence-electron chi connectivity index (χ2n) is 9.82. The van der Waals surface area contributed by atoms with Gasteiger partial charge in [0.1, 0.15) is 11.9 Å². The van der Waals surface area contributed by atoms with E-state index in [1.54, 1.807) is 18.2 Å². The van der Waals surface area contributed by atoms with E-state index in [1.165, 1.54) is 34.3 Å². The summed E-state index contributed by atoms with van der Waals surface area (Å²) < 4.78 is 42.9. The Hall–Kier alpha value is -3.64. The SMILES string of the molecule is CC(=O)Nc1cccc(S(=O)(=O)N2CCC(c3cc4c(cc3F)C(=O)N(C3CCC(=O)NC3=O)C4)CC2)c1. The molecule has 0 saturated carbocycles. The number of nitrogens with zero attached hydrogens (tertiary/aromatic N) is 2. The third-order valence-electron chi connectivity index (χ3n) is 7.33. The van der Waals surface area contributed by atoms with Crippen molar-refractivity contribution in [3.05, 3.63) is 58.9 Å². The molecule has 2 saturated heterocycles. The van der Waals surface area contributed by atoms with Crippen molar-refractivity contribution in [2.24, 2.45) is 0 Å². The van der Waals surface area contributed by atoms with Crippen molar-refractivity contribution in [1.82, 2.24) is 14.5 Å². The van der Waals surface area contributed by atoms with E-state index < -0.39 is 33.7 Å². The summed E-state index contributed by atoms with van der Waals surface area (Å²) in [6, 6.07) is 8.12. The van der Waals surface area contributed by atoms with Gasteiger partial charge in [0, 0.05) is 44.2 Å². The number of nitrogens with one attached hydrogen (secondary N) is 2. The zero-order chi connectivity index (χ0) is 27.2. The molecule has 4 amide bonds. The van der Waals surface area contributed by atoms with Crippen molar-refractivity contribution < 1.29 is 32.0 Å². The van der Waals surface area contributed by atoms with Gasteiger partial charge in [0.25, 0.3) is 5.91 Å². The molecule has 3 aliphatic heterocycles. The van der Waals surface area contributed by atoms with Gasteiger partial charge >= 0.3 is 0 Å². The Labute approximate surface area is 219 Å². The molecule has 2 N–H and O–H groups in total. The number of benzene rings is 2. The number of hydrogen-bond donors (Lipinski definition) is 2. The summed E-state index contributed by atoms with van der Waals surface area (Å²) in [5, 5.41) is 4.83. The van der Waals surface area contributed by atoms with Crippen LogP contribution >= 0.6 is 0 Å². The monoisotopic (exact) mass is 542 g/mol. The van der Waals surface area contributed by atoms with E-state index in [4.69, 9.17) is 0 Å². The summed E-state index contributed by atoms with van der Waals surface area (Å²) in [4.78, 5) is 49.5. The van der Waals surface area contributed by atoms with Crippen molar-refractivity contribution in [2.75, 3.05) is 18.4 Å². The summed E-state index contributed by atoms with van der Waals surface area (Å²) in [7, 11) is -3.81. The molecule has 10 nitrogen and oxygen atoms in total. The second-order valence-corrected chi connectivity index (χ2v) is 11.8. The molecule has 0 aromatic heterocycles. The zero-order valence-corrected chi connectivity index (χ0v) is 21.5. The topological polar surface area (TPSA) is 133 Å². The summed E-state index contributed by atoms with van der Waals surface area (Å²) in [6.07, 6.45) is 1.14. The number of sulfonamides is 1. The third-order valence-corrected chi connectivity index (χ3v) is 9.22. The molecule has 2 aromatic rings. The lowest BCUT2D eigenvalue weighted by molar-refractivity contribution is -0.137. The van der Waals surface area contributed by atoms with E-state index in [0.717, 1.165) is 0 Å². The number of rotatable bonds is 5. The Morgan fingerprint density at radius 1 is 1.08 bits per heavy atom. The number of anilines is 1. The van der Waals surface area contributed by atoms with E-state index in [9.17, 15) is 27.6 Å². The van der Waals surface area contributed by atoms with Gasteiger partial charge in [-0.15, -0.1) is 0 Å². The van der Waals surface area contributed by atoms with Gasteiger partial charge in [-0.3, -0.25) is 24.5 Å². The van der Waals surface area contributed by atoms with Crippen molar-refractivity contribution >= 4 is 39.3 Å². The van der Waals surface area contributed by atoms with Crippen LogP contribution in [0.15, 0.2) is 41.3 Å². The van der Waals surface area contributed by atoms with Gasteiger partial charge in [-0.2, -0.15) is 4.31 Å². The number of amides is 4. The van der Waals surface area contributed by atoms with Crippen LogP contribution in [0.3, 0.4) is 0 Å². The molecule has 12 heteroatoms. The Morgan fingerprint density at radius 3 is 2.50 bits per heavy atom. The van der Waals surface area contributed by atoms with Crippen molar-refractivity contribution in [2.45, 2.75) is 56.0 Å². The van der Waals surface area contributed by atoms with E-state index in [-0.39, 0.29) is 60.7 Å². The average molecular weight is 543 g/mol. The highest BCUT2D eigenvalue weighted by molar-refractivity contribution is 7.89. The number of carbonyl (C=O) groups excluding carboxylic acids is 4. The first-order chi connectivity index (χ1) is 18.0. The van der Waals surface area contributed by atoms with Gasteiger partial charge in [0.05, 0.1) is 4.90 Å². The summed E-state index contributed by atoms with van der Waals surface area (Å²) in [5.41, 5.74) is 1.62. The van der Waals surface area contributed by atoms with Gasteiger partial charge in [-0.25, -0.2) is 12.8 Å². The first kappa shape index (κ1) is 26.0. The van der Waals surface area contributed by atoms with E-state index in [1.807, 2.05) is 0 Å². The molecule has 0 spiro atoms. The van der Waals surface area contributed by atoms with Crippen LogP contribution in [-0.2, 0) is 31.0 Å². The lowest BCUT2D eigenvalue weighted by Gasteiger charge is -2.32. The van der Waals surface area contributed by atoms with Crippen LogP contribution in [0.4, 0.5) is 10.1 Å². The average Bonchev–Trinajstić information content (AvgIpc) is 3.18. The number of hydrogen-bond acceptors (Lipinski definition) is 6. The second kappa shape index (κ2) is 9.91. The predicted octanol–water partition coefficient (Wildman–Crippen LogP) is 2.11. The molecule has 2 fully saturated rings. The molecule has 1 atom stereocenters. The fourth-order valence-corrected chi connectivity index (χ4v) is 6.93. The molecular weight excluding hydrogens is 515 g/mol. The predicted molar refractivity (Wildman–Crippen MR) is 134 cm³/mol. The van der Waals surface area contributed by atoms with Crippen LogP contribution in [0.1, 0.15) is 60.0 Å². The molecule has 0 aliphatic carbocycles. The first-order valence-corrected chi connectivity index (χ1v) is 13.8. The molecule has 0 bridgehead atoms. The molecule has 38 heavy (non-hydrogen) atoms. The van der Waals surface area contributed by atoms with E-state index in [0.29, 0.717) is 29.7 Å². The molecule has 1 unspecified atom stereocenters. The molecule has 3 heterocycles. The van der Waals surface area contributed by atoms with Crippen LogP contribution in [-0.4, -0.2) is 60.4 Å². The number of carbonyl (C=O) groups is 4. The van der Waals surface area contributed by atoms with Crippen LogP contribution < -0.4 is 10.6 Å². The first-order valence-electron chi connectivity index (χ1n) is 12.4. The standard InChI is InChI=1S/C26H27FN4O6S/c1-15(32)28-18-3-2-4-19(12-18)38(36,37)30-9-7-16(8-10-30)20-11-17-14-31(26(35)21(17)13-22(20)27)23-5-6-24(33)29-25(23)34/h2-4,11-13,16,23H,5-10,14H2,1H3,(H,28,32)(H,29,33,34). The molecule has 5 rings (SSSR count). The summed E-state index contributed by atoms with van der Waals surface area (Å²) >= 11 is 0. The number of imide groups is 1. The van der Waals surface area contributed by atoms with Crippen molar-refractivity contribution in [3.8, 4) is 0 Å². The molecule has 2 aromatic carbocycles. The molecule has 200 valence electrons. The normalized spacial score (nSPS) is 20.8. The Kier molecular flexibility index (Phi) is 6.78. The van der Waals surface area contributed by atoms with E-state index in [2.05, 4.69) is 10.6 Å². The minimum Gasteiger partial charge on any atom is -0.326 e. The van der Waals surface area contributed by atoms with E-state index >= 15 is 4.39 Å². The zero-order valence-electron chi connectivity index (χ0n) is 20.7.